The van der Waals surface area contributed by atoms with Crippen LogP contribution in [-0.2, 0) is 20.2 Å². The number of halogens is 1. The number of nitro benzene ring substituents is 1. The van der Waals surface area contributed by atoms with Crippen molar-refractivity contribution < 1.29 is 18.1 Å². The van der Waals surface area contributed by atoms with Crippen LogP contribution >= 0.6 is 15.9 Å². The molecule has 1 fully saturated rings. The highest BCUT2D eigenvalue weighted by Crippen LogP contribution is 2.28. The average molecular weight is 496 g/mol. The van der Waals surface area contributed by atoms with Crippen LogP contribution in [0, 0.1) is 10.1 Å². The molecule has 0 aliphatic carbocycles. The largest absolute Gasteiger partial charge is 0.339 e. The lowest BCUT2D eigenvalue weighted by Crippen LogP contribution is -2.54. The van der Waals surface area contributed by atoms with Crippen molar-refractivity contribution in [3.05, 3.63) is 68.7 Å². The van der Waals surface area contributed by atoms with Gasteiger partial charge < -0.3 is 4.90 Å². The monoisotopic (exact) mass is 495 g/mol. The van der Waals surface area contributed by atoms with E-state index in [9.17, 15) is 23.3 Å². The first-order valence-corrected chi connectivity index (χ1v) is 11.6. The zero-order chi connectivity index (χ0) is 22.1. The first-order valence-electron chi connectivity index (χ1n) is 9.33. The molecule has 160 valence electrons. The number of amides is 1. The molecule has 2 aromatic rings. The summed E-state index contributed by atoms with van der Waals surface area (Å²) in [4.78, 5) is 25.0. The first-order chi connectivity index (χ1) is 14.0. The summed E-state index contributed by atoms with van der Waals surface area (Å²) < 4.78 is 28.0. The highest BCUT2D eigenvalue weighted by Gasteiger charge is 2.37. The van der Waals surface area contributed by atoms with Crippen LogP contribution in [0.2, 0.25) is 0 Å². The molecule has 0 atom stereocenters. The second kappa shape index (κ2) is 8.44. The molecule has 1 aliphatic rings. The van der Waals surface area contributed by atoms with Gasteiger partial charge in [-0.15, -0.1) is 0 Å². The fourth-order valence-electron chi connectivity index (χ4n) is 3.42. The van der Waals surface area contributed by atoms with Crippen molar-refractivity contribution in [2.75, 3.05) is 26.2 Å². The smallest absolute Gasteiger partial charge is 0.270 e. The van der Waals surface area contributed by atoms with Crippen LogP contribution in [0.15, 0.2) is 57.9 Å². The summed E-state index contributed by atoms with van der Waals surface area (Å²) >= 11 is 3.39. The van der Waals surface area contributed by atoms with Crippen LogP contribution in [0.1, 0.15) is 19.4 Å². The SMILES string of the molecule is CC(C)(C(=O)N1CCN(S(=O)(=O)c2cccc([N+](=O)[O-])c2)CC1)c1ccc(Br)cc1. The number of non-ortho nitro benzene ring substituents is 1. The molecule has 0 radical (unpaired) electrons. The molecule has 10 heteroatoms. The van der Waals surface area contributed by atoms with Crippen LogP contribution in [0.5, 0.6) is 0 Å². The van der Waals surface area contributed by atoms with Crippen molar-refractivity contribution in [3.8, 4) is 0 Å². The Kier molecular flexibility index (Phi) is 6.30. The molecule has 0 N–H and O–H groups in total. The summed E-state index contributed by atoms with van der Waals surface area (Å²) in [6.07, 6.45) is 0. The Balaban J connectivity index is 1.72. The minimum atomic E-state index is -3.87. The maximum atomic E-state index is 13.1. The first kappa shape index (κ1) is 22.4. The zero-order valence-electron chi connectivity index (χ0n) is 16.6. The van der Waals surface area contributed by atoms with Crippen LogP contribution in [0.3, 0.4) is 0 Å². The Morgan fingerprint density at radius 1 is 1.07 bits per heavy atom. The van der Waals surface area contributed by atoms with E-state index < -0.39 is 20.4 Å². The number of hydrogen-bond donors (Lipinski definition) is 0. The number of rotatable bonds is 5. The molecular formula is C20H22BrN3O5S. The second-order valence-corrected chi connectivity index (χ2v) is 10.4. The molecule has 1 aliphatic heterocycles. The van der Waals surface area contributed by atoms with E-state index in [4.69, 9.17) is 0 Å². The van der Waals surface area contributed by atoms with Gasteiger partial charge in [-0.1, -0.05) is 34.1 Å². The molecule has 0 bridgehead atoms. The number of sulfonamides is 1. The zero-order valence-corrected chi connectivity index (χ0v) is 19.0. The van der Waals surface area contributed by atoms with Gasteiger partial charge in [-0.25, -0.2) is 8.42 Å². The van der Waals surface area contributed by atoms with Gasteiger partial charge in [0.15, 0.2) is 0 Å². The summed E-state index contributed by atoms with van der Waals surface area (Å²) in [5.41, 5.74) is -0.148. The fraction of sp³-hybridized carbons (Fsp3) is 0.350. The van der Waals surface area contributed by atoms with E-state index in [1.807, 2.05) is 38.1 Å². The Bertz CT molecular complexity index is 1060. The topological polar surface area (TPSA) is 101 Å². The second-order valence-electron chi connectivity index (χ2n) is 7.58. The minimum Gasteiger partial charge on any atom is -0.339 e. The molecular weight excluding hydrogens is 474 g/mol. The van der Waals surface area contributed by atoms with Gasteiger partial charge in [-0.2, -0.15) is 4.31 Å². The van der Waals surface area contributed by atoms with E-state index in [0.29, 0.717) is 0 Å². The number of carbonyl (C=O) groups excluding carboxylic acids is 1. The molecule has 0 unspecified atom stereocenters. The van der Waals surface area contributed by atoms with Gasteiger partial charge in [-0.3, -0.25) is 14.9 Å². The number of carbonyl (C=O) groups is 1. The maximum absolute atomic E-state index is 13.1. The quantitative estimate of drug-likeness (QED) is 0.468. The molecule has 0 aromatic heterocycles. The Labute approximate surface area is 183 Å². The van der Waals surface area contributed by atoms with E-state index in [1.54, 1.807) is 4.90 Å². The number of piperazine rings is 1. The lowest BCUT2D eigenvalue weighted by atomic mass is 9.83. The number of nitrogens with zero attached hydrogens (tertiary/aromatic N) is 3. The number of benzene rings is 2. The van der Waals surface area contributed by atoms with Crippen LogP contribution in [-0.4, -0.2) is 54.6 Å². The van der Waals surface area contributed by atoms with Gasteiger partial charge >= 0.3 is 0 Å². The van der Waals surface area contributed by atoms with Crippen LogP contribution < -0.4 is 0 Å². The van der Waals surface area contributed by atoms with Gasteiger partial charge in [-0.05, 0) is 37.6 Å². The Morgan fingerprint density at radius 2 is 1.67 bits per heavy atom. The minimum absolute atomic E-state index is 0.0720. The summed E-state index contributed by atoms with van der Waals surface area (Å²) in [6, 6.07) is 12.6. The predicted molar refractivity (Wildman–Crippen MR) is 116 cm³/mol. The molecule has 0 saturated carbocycles. The number of hydrogen-bond acceptors (Lipinski definition) is 5. The lowest BCUT2D eigenvalue weighted by molar-refractivity contribution is -0.385. The molecule has 30 heavy (non-hydrogen) atoms. The van der Waals surface area contributed by atoms with Crippen LogP contribution in [0.4, 0.5) is 5.69 Å². The van der Waals surface area contributed by atoms with E-state index in [1.165, 1.54) is 22.5 Å². The lowest BCUT2D eigenvalue weighted by Gasteiger charge is -2.38. The molecule has 1 heterocycles. The van der Waals surface area contributed by atoms with Crippen LogP contribution in [0.25, 0.3) is 0 Å². The van der Waals surface area contributed by atoms with Gasteiger partial charge in [0.1, 0.15) is 0 Å². The maximum Gasteiger partial charge on any atom is 0.270 e. The predicted octanol–water partition coefficient (Wildman–Crippen LogP) is 3.17. The van der Waals surface area contributed by atoms with Gasteiger partial charge in [0, 0.05) is 42.8 Å². The summed E-state index contributed by atoms with van der Waals surface area (Å²) in [5.74, 6) is -0.0720. The molecule has 2 aromatic carbocycles. The van der Waals surface area contributed by atoms with Crippen molar-refractivity contribution in [2.24, 2.45) is 0 Å². The van der Waals surface area contributed by atoms with E-state index in [-0.39, 0.29) is 42.7 Å². The van der Waals surface area contributed by atoms with Gasteiger partial charge in [0.25, 0.3) is 5.69 Å². The third-order valence-electron chi connectivity index (χ3n) is 5.29. The summed E-state index contributed by atoms with van der Waals surface area (Å²) in [5, 5.41) is 11.0. The molecule has 0 spiro atoms. The van der Waals surface area contributed by atoms with Crippen molar-refractivity contribution in [1.82, 2.24) is 9.21 Å². The molecule has 1 saturated heterocycles. The third kappa shape index (κ3) is 4.40. The summed E-state index contributed by atoms with van der Waals surface area (Å²) in [7, 11) is -3.87. The van der Waals surface area contributed by atoms with E-state index in [2.05, 4.69) is 15.9 Å². The highest BCUT2D eigenvalue weighted by molar-refractivity contribution is 9.10. The van der Waals surface area contributed by atoms with E-state index in [0.717, 1.165) is 16.1 Å². The van der Waals surface area contributed by atoms with E-state index >= 15 is 0 Å². The highest BCUT2D eigenvalue weighted by atomic mass is 79.9. The molecule has 1 amide bonds. The standard InChI is InChI=1S/C20H22BrN3O5S/c1-20(2,15-6-8-16(21)9-7-15)19(25)22-10-12-23(13-11-22)30(28,29)18-5-3-4-17(14-18)24(26)27/h3-9,14H,10-13H2,1-2H3. The number of nitro groups is 1. The third-order valence-corrected chi connectivity index (χ3v) is 7.72. The van der Waals surface area contributed by atoms with Crippen molar-refractivity contribution >= 4 is 37.5 Å². The van der Waals surface area contributed by atoms with Crippen molar-refractivity contribution in [2.45, 2.75) is 24.2 Å². The Morgan fingerprint density at radius 3 is 2.23 bits per heavy atom. The van der Waals surface area contributed by atoms with Gasteiger partial charge in [0.2, 0.25) is 15.9 Å². The summed E-state index contributed by atoms with van der Waals surface area (Å²) in [6.45, 7) is 4.48. The van der Waals surface area contributed by atoms with Gasteiger partial charge in [0.05, 0.1) is 15.2 Å². The fourth-order valence-corrected chi connectivity index (χ4v) is 5.15. The normalized spacial score (nSPS) is 15.8. The van der Waals surface area contributed by atoms with Crippen molar-refractivity contribution in [1.29, 1.82) is 0 Å². The molecule has 8 nitrogen and oxygen atoms in total. The molecule has 3 rings (SSSR count). The van der Waals surface area contributed by atoms with Crippen molar-refractivity contribution in [3.63, 3.8) is 0 Å². The Hall–Kier alpha value is -2.30. The average Bonchev–Trinajstić information content (AvgIpc) is 2.73.